The van der Waals surface area contributed by atoms with Gasteiger partial charge in [0.05, 0.1) is 37.6 Å². The lowest BCUT2D eigenvalue weighted by Crippen LogP contribution is -2.26. The van der Waals surface area contributed by atoms with Crippen molar-refractivity contribution in [3.8, 4) is 5.95 Å². The number of halogens is 3. The van der Waals surface area contributed by atoms with Gasteiger partial charge in [0, 0.05) is 46.2 Å². The standard InChI is InChI=1S/C14H12BrN5O2.C7H5BrN2.C7H8ClN3O2/c1-19(22-2)13(21)11-5-6-16-14(18-11)20-12-7-10(15)4-3-9(12)8-17-20;8-6-2-1-5-4-9-10-7(5)3-6;1-11(13-2)6(12)5-3-4-9-7(8)10-5/h3-8H,1-2H3;1-4H,(H,9,10);3-4H,1-2H3. The van der Waals surface area contributed by atoms with Gasteiger partial charge in [-0.2, -0.15) is 14.9 Å². The summed E-state index contributed by atoms with van der Waals surface area (Å²) in [6.45, 7) is 0. The van der Waals surface area contributed by atoms with E-state index in [1.807, 2.05) is 42.6 Å². The molecular formula is C28H25Br2ClN10O4. The van der Waals surface area contributed by atoms with Crippen LogP contribution in [0.15, 0.2) is 82.3 Å². The minimum absolute atomic E-state index is 0.0374. The van der Waals surface area contributed by atoms with Crippen molar-refractivity contribution in [2.45, 2.75) is 0 Å². The highest BCUT2D eigenvalue weighted by Crippen LogP contribution is 2.21. The number of rotatable bonds is 5. The van der Waals surface area contributed by atoms with E-state index in [9.17, 15) is 9.59 Å². The van der Waals surface area contributed by atoms with Crippen molar-refractivity contribution in [2.24, 2.45) is 0 Å². The van der Waals surface area contributed by atoms with Crippen LogP contribution in [-0.4, -0.2) is 90.2 Å². The van der Waals surface area contributed by atoms with Crippen LogP contribution < -0.4 is 0 Å². The number of hydrogen-bond acceptors (Lipinski definition) is 10. The molecule has 0 bridgehead atoms. The normalized spacial score (nSPS) is 10.5. The molecule has 14 nitrogen and oxygen atoms in total. The van der Waals surface area contributed by atoms with Crippen LogP contribution in [0.3, 0.4) is 0 Å². The Labute approximate surface area is 278 Å². The average molecular weight is 761 g/mol. The third-order valence-corrected chi connectivity index (χ3v) is 7.12. The summed E-state index contributed by atoms with van der Waals surface area (Å²) in [5, 5.41) is 15.4. The van der Waals surface area contributed by atoms with E-state index in [-0.39, 0.29) is 28.5 Å². The van der Waals surface area contributed by atoms with Crippen molar-refractivity contribution >= 4 is 77.1 Å². The lowest BCUT2D eigenvalue weighted by molar-refractivity contribution is -0.0760. The van der Waals surface area contributed by atoms with Crippen LogP contribution in [0.25, 0.3) is 27.8 Å². The highest BCUT2D eigenvalue weighted by molar-refractivity contribution is 9.10. The van der Waals surface area contributed by atoms with Crippen molar-refractivity contribution in [2.75, 3.05) is 28.3 Å². The monoisotopic (exact) mass is 758 g/mol. The number of H-pyrrole nitrogens is 1. The zero-order chi connectivity index (χ0) is 32.5. The van der Waals surface area contributed by atoms with Gasteiger partial charge in [-0.15, -0.1) is 0 Å². The lowest BCUT2D eigenvalue weighted by atomic mass is 10.3. The van der Waals surface area contributed by atoms with E-state index in [1.54, 1.807) is 10.9 Å². The number of fused-ring (bicyclic) bond motifs is 2. The molecule has 4 heterocycles. The van der Waals surface area contributed by atoms with Crippen LogP contribution in [0, 0.1) is 0 Å². The quantitative estimate of drug-likeness (QED) is 0.181. The van der Waals surface area contributed by atoms with Gasteiger partial charge >= 0.3 is 0 Å². The number of amides is 2. The number of carbonyl (C=O) groups is 2. The molecule has 0 aliphatic rings. The summed E-state index contributed by atoms with van der Waals surface area (Å²) in [6, 6.07) is 14.8. The van der Waals surface area contributed by atoms with E-state index >= 15 is 0 Å². The van der Waals surface area contributed by atoms with Crippen molar-refractivity contribution in [3.05, 3.63) is 98.9 Å². The summed E-state index contributed by atoms with van der Waals surface area (Å²) in [4.78, 5) is 48.9. The second kappa shape index (κ2) is 15.6. The van der Waals surface area contributed by atoms with Gasteiger partial charge in [-0.25, -0.2) is 30.1 Å². The largest absolute Gasteiger partial charge is 0.295 e. The molecular weight excluding hydrogens is 736 g/mol. The van der Waals surface area contributed by atoms with E-state index in [4.69, 9.17) is 16.4 Å². The number of nitrogens with zero attached hydrogens (tertiary/aromatic N) is 9. The zero-order valence-electron chi connectivity index (χ0n) is 24.2. The third kappa shape index (κ3) is 8.64. The molecule has 232 valence electrons. The summed E-state index contributed by atoms with van der Waals surface area (Å²) >= 11 is 12.3. The topological polar surface area (TPSA) is 157 Å². The summed E-state index contributed by atoms with van der Waals surface area (Å²) < 4.78 is 3.58. The van der Waals surface area contributed by atoms with Crippen LogP contribution in [0.5, 0.6) is 0 Å². The van der Waals surface area contributed by atoms with E-state index in [0.717, 1.165) is 40.9 Å². The predicted octanol–water partition coefficient (Wildman–Crippen LogP) is 5.30. The first kappa shape index (κ1) is 33.5. The van der Waals surface area contributed by atoms with E-state index < -0.39 is 0 Å². The average Bonchev–Trinajstić information content (AvgIpc) is 3.70. The van der Waals surface area contributed by atoms with Gasteiger partial charge in [0.2, 0.25) is 5.28 Å². The molecule has 1 N–H and O–H groups in total. The molecule has 0 aliphatic heterocycles. The van der Waals surface area contributed by atoms with E-state index in [2.05, 4.69) is 71.9 Å². The first-order chi connectivity index (χ1) is 21.6. The second-order valence-electron chi connectivity index (χ2n) is 8.78. The van der Waals surface area contributed by atoms with E-state index in [1.165, 1.54) is 52.8 Å². The molecule has 0 atom stereocenters. The molecule has 4 aromatic heterocycles. The van der Waals surface area contributed by atoms with Crippen molar-refractivity contribution in [1.29, 1.82) is 0 Å². The van der Waals surface area contributed by atoms with Crippen molar-refractivity contribution in [3.63, 3.8) is 0 Å². The Morgan fingerprint density at radius 3 is 2.07 bits per heavy atom. The maximum Gasteiger partial charge on any atom is 0.295 e. The van der Waals surface area contributed by atoms with Crippen LogP contribution in [0.2, 0.25) is 5.28 Å². The van der Waals surface area contributed by atoms with Gasteiger partial charge in [0.15, 0.2) is 0 Å². The molecule has 0 saturated carbocycles. The summed E-state index contributed by atoms with van der Waals surface area (Å²) in [5.74, 6) is -0.404. The molecule has 0 unspecified atom stereocenters. The van der Waals surface area contributed by atoms with Gasteiger partial charge in [0.25, 0.3) is 17.8 Å². The Morgan fingerprint density at radius 1 is 0.822 bits per heavy atom. The van der Waals surface area contributed by atoms with Crippen LogP contribution in [-0.2, 0) is 9.68 Å². The van der Waals surface area contributed by atoms with E-state index in [0.29, 0.717) is 5.95 Å². The van der Waals surface area contributed by atoms with Crippen LogP contribution in [0.4, 0.5) is 0 Å². The Morgan fingerprint density at radius 2 is 1.42 bits per heavy atom. The lowest BCUT2D eigenvalue weighted by Gasteiger charge is -2.13. The number of nitrogens with one attached hydrogen (secondary N) is 1. The maximum atomic E-state index is 12.1. The van der Waals surface area contributed by atoms with Gasteiger partial charge < -0.3 is 0 Å². The molecule has 2 amide bonds. The number of aromatic nitrogens is 8. The van der Waals surface area contributed by atoms with Gasteiger partial charge in [-0.3, -0.25) is 24.4 Å². The second-order valence-corrected chi connectivity index (χ2v) is 11.0. The molecule has 0 fully saturated rings. The first-order valence-corrected chi connectivity index (χ1v) is 14.8. The fourth-order valence-corrected chi connectivity index (χ4v) is 4.43. The Bertz CT molecular complexity index is 1940. The van der Waals surface area contributed by atoms with Gasteiger partial charge in [-0.05, 0) is 48.0 Å². The predicted molar refractivity (Wildman–Crippen MR) is 173 cm³/mol. The fourth-order valence-electron chi connectivity index (χ4n) is 3.57. The molecule has 0 saturated heterocycles. The Balaban J connectivity index is 0.000000169. The third-order valence-electron chi connectivity index (χ3n) is 5.95. The van der Waals surface area contributed by atoms with Gasteiger partial charge in [0.1, 0.15) is 11.4 Å². The summed E-state index contributed by atoms with van der Waals surface area (Å²) in [5.41, 5.74) is 2.34. The maximum absolute atomic E-state index is 12.1. The minimum atomic E-state index is -0.369. The minimum Gasteiger partial charge on any atom is -0.278 e. The molecule has 0 aliphatic carbocycles. The molecule has 6 aromatic rings. The number of hydroxylamine groups is 4. The molecule has 0 radical (unpaired) electrons. The highest BCUT2D eigenvalue weighted by atomic mass is 79.9. The summed E-state index contributed by atoms with van der Waals surface area (Å²) in [6.07, 6.45) is 6.46. The molecule has 17 heteroatoms. The Hall–Kier alpha value is -4.35. The molecule has 6 rings (SSSR count). The SMILES string of the molecule is Brc1ccc2cn[nH]c2c1.CON(C)C(=O)c1ccnc(-n2ncc3ccc(Br)cc32)n1.CON(C)C(=O)c1ccnc(Cl)n1. The highest BCUT2D eigenvalue weighted by Gasteiger charge is 2.16. The smallest absolute Gasteiger partial charge is 0.278 e. The number of carbonyl (C=O) groups excluding carboxylic acids is 2. The number of aromatic amines is 1. The van der Waals surface area contributed by atoms with Crippen LogP contribution >= 0.6 is 43.5 Å². The van der Waals surface area contributed by atoms with Crippen molar-refractivity contribution in [1.82, 2.24) is 50.0 Å². The molecule has 0 spiro atoms. The van der Waals surface area contributed by atoms with Crippen LogP contribution in [0.1, 0.15) is 21.0 Å². The Kier molecular flexibility index (Phi) is 11.6. The number of hydrogen-bond donors (Lipinski definition) is 1. The zero-order valence-corrected chi connectivity index (χ0v) is 28.1. The fraction of sp³-hybridized carbons (Fsp3) is 0.143. The summed E-state index contributed by atoms with van der Waals surface area (Å²) in [7, 11) is 5.81. The first-order valence-electron chi connectivity index (χ1n) is 12.8. The van der Waals surface area contributed by atoms with Gasteiger partial charge in [-0.1, -0.05) is 44.0 Å². The molecule has 2 aromatic carbocycles. The van der Waals surface area contributed by atoms with Crippen molar-refractivity contribution < 1.29 is 19.3 Å². The molecule has 45 heavy (non-hydrogen) atoms. The number of benzene rings is 2.